The maximum atomic E-state index is 12.6. The van der Waals surface area contributed by atoms with E-state index in [2.05, 4.69) is 38.2 Å². The lowest BCUT2D eigenvalue weighted by Gasteiger charge is -2.19. The molecular weight excluding hydrogens is 711 g/mol. The third kappa shape index (κ3) is 42.0. The summed E-state index contributed by atoms with van der Waals surface area (Å²) in [7, 11) is -4.28. The second-order valence-corrected chi connectivity index (χ2v) is 16.9. The molecule has 0 amide bonds. The number of rotatable bonds is 43. The molecule has 324 valence electrons. The Morgan fingerprint density at radius 1 is 0.473 bits per heavy atom. The number of unbranched alkanes of at least 4 members (excludes halogenated alkanes) is 27. The average Bonchev–Trinajstić information content (AvgIpc) is 3.16. The molecule has 55 heavy (non-hydrogen) atoms. The van der Waals surface area contributed by atoms with Crippen molar-refractivity contribution in [1.82, 2.24) is 0 Å². The summed E-state index contributed by atoms with van der Waals surface area (Å²) in [5.74, 6) is -0.802. The molecule has 2 atom stereocenters. The van der Waals surface area contributed by atoms with Gasteiger partial charge in [-0.15, -0.1) is 0 Å². The highest BCUT2D eigenvalue weighted by molar-refractivity contribution is 7.47. The van der Waals surface area contributed by atoms with Crippen molar-refractivity contribution >= 4 is 19.8 Å². The van der Waals surface area contributed by atoms with Gasteiger partial charge >= 0.3 is 19.8 Å². The number of esters is 2. The lowest BCUT2D eigenvalue weighted by Crippen LogP contribution is -2.29. The summed E-state index contributed by atoms with van der Waals surface area (Å²) in [6.07, 6.45) is 46.7. The second-order valence-electron chi connectivity index (χ2n) is 15.4. The van der Waals surface area contributed by atoms with Crippen LogP contribution in [0.4, 0.5) is 0 Å². The molecule has 0 aromatic rings. The van der Waals surface area contributed by atoms with E-state index in [1.165, 1.54) is 141 Å². The van der Waals surface area contributed by atoms with Gasteiger partial charge in [0.1, 0.15) is 6.61 Å². The van der Waals surface area contributed by atoms with Gasteiger partial charge in [0.15, 0.2) is 6.10 Å². The molecule has 0 fully saturated rings. The summed E-state index contributed by atoms with van der Waals surface area (Å²) < 4.78 is 32.7. The van der Waals surface area contributed by atoms with Crippen LogP contribution in [0, 0.1) is 0 Å². The first-order valence-corrected chi connectivity index (χ1v) is 24.6. The van der Waals surface area contributed by atoms with Crippen molar-refractivity contribution in [2.75, 3.05) is 19.8 Å². The van der Waals surface area contributed by atoms with Crippen LogP contribution in [0.15, 0.2) is 24.3 Å². The summed E-state index contributed by atoms with van der Waals surface area (Å²) in [6.45, 7) is 5.46. The number of hydrogen-bond donors (Lipinski definition) is 1. The summed E-state index contributed by atoms with van der Waals surface area (Å²) in [6, 6.07) is 0. The normalized spacial score (nSPS) is 13.5. The van der Waals surface area contributed by atoms with E-state index in [1.807, 2.05) is 0 Å². The largest absolute Gasteiger partial charge is 0.472 e. The Balaban J connectivity index is 3.97. The van der Waals surface area contributed by atoms with E-state index in [1.54, 1.807) is 6.92 Å². The number of carbonyl (C=O) groups is 2. The highest BCUT2D eigenvalue weighted by Gasteiger charge is 2.25. The van der Waals surface area contributed by atoms with Crippen LogP contribution in [-0.2, 0) is 32.7 Å². The predicted molar refractivity (Wildman–Crippen MR) is 230 cm³/mol. The fraction of sp³-hybridized carbons (Fsp3) is 0.870. The topological polar surface area (TPSA) is 108 Å². The molecule has 0 aliphatic rings. The maximum absolute atomic E-state index is 12.6. The van der Waals surface area contributed by atoms with Crippen LogP contribution in [0.1, 0.15) is 233 Å². The Kier molecular flexibility index (Phi) is 41.0. The Bertz CT molecular complexity index is 952. The van der Waals surface area contributed by atoms with Crippen LogP contribution in [0.3, 0.4) is 0 Å². The lowest BCUT2D eigenvalue weighted by molar-refractivity contribution is -0.161. The zero-order valence-corrected chi connectivity index (χ0v) is 37.0. The summed E-state index contributed by atoms with van der Waals surface area (Å²) >= 11 is 0. The van der Waals surface area contributed by atoms with Gasteiger partial charge in [0.2, 0.25) is 0 Å². The van der Waals surface area contributed by atoms with E-state index in [0.29, 0.717) is 6.42 Å². The molecule has 0 rings (SSSR count). The molecule has 0 saturated heterocycles. The quantitative estimate of drug-likeness (QED) is 0.0281. The molecule has 0 heterocycles. The minimum atomic E-state index is -4.28. The molecule has 1 N–H and O–H groups in total. The second kappa shape index (κ2) is 42.1. The Labute approximate surface area is 339 Å². The highest BCUT2D eigenvalue weighted by atomic mass is 31.2. The molecule has 0 aliphatic heterocycles. The SMILES string of the molecule is CCCCC/C=C\CCCCCCCC(=O)OCC(COP(=O)(O)OCC)OC(=O)CCCCCCCCCCCCC/C=C\CCCCCCCCCC. The molecule has 8 nitrogen and oxygen atoms in total. The Hall–Kier alpha value is -1.47. The van der Waals surface area contributed by atoms with Crippen molar-refractivity contribution in [3.05, 3.63) is 24.3 Å². The van der Waals surface area contributed by atoms with Crippen LogP contribution >= 0.6 is 7.82 Å². The number of ether oxygens (including phenoxy) is 2. The molecule has 0 aromatic carbocycles. The van der Waals surface area contributed by atoms with Gasteiger partial charge in [0.25, 0.3) is 0 Å². The minimum absolute atomic E-state index is 0.000505. The molecule has 2 unspecified atom stereocenters. The molecule has 0 aromatic heterocycles. The van der Waals surface area contributed by atoms with Gasteiger partial charge in [-0.1, -0.05) is 173 Å². The third-order valence-electron chi connectivity index (χ3n) is 9.98. The van der Waals surface area contributed by atoms with Gasteiger partial charge in [-0.3, -0.25) is 18.6 Å². The van der Waals surface area contributed by atoms with Crippen LogP contribution in [-0.4, -0.2) is 42.8 Å². The van der Waals surface area contributed by atoms with Gasteiger partial charge < -0.3 is 14.4 Å². The molecule has 0 aliphatic carbocycles. The van der Waals surface area contributed by atoms with Crippen LogP contribution in [0.25, 0.3) is 0 Å². The van der Waals surface area contributed by atoms with E-state index >= 15 is 0 Å². The molecule has 0 spiro atoms. The molecule has 0 bridgehead atoms. The summed E-state index contributed by atoms with van der Waals surface area (Å²) in [5.41, 5.74) is 0. The monoisotopic (exact) mass is 799 g/mol. The van der Waals surface area contributed by atoms with Crippen molar-refractivity contribution in [2.45, 2.75) is 239 Å². The first kappa shape index (κ1) is 53.5. The van der Waals surface area contributed by atoms with Gasteiger partial charge in [-0.25, -0.2) is 4.57 Å². The smallest absolute Gasteiger partial charge is 0.462 e. The zero-order chi connectivity index (χ0) is 40.3. The Morgan fingerprint density at radius 3 is 1.24 bits per heavy atom. The fourth-order valence-electron chi connectivity index (χ4n) is 6.56. The van der Waals surface area contributed by atoms with Crippen molar-refractivity contribution < 1.29 is 37.6 Å². The van der Waals surface area contributed by atoms with Gasteiger partial charge in [-0.05, 0) is 71.1 Å². The first-order chi connectivity index (χ1) is 26.8. The first-order valence-electron chi connectivity index (χ1n) is 23.1. The fourth-order valence-corrected chi connectivity index (χ4v) is 7.32. The minimum Gasteiger partial charge on any atom is -0.462 e. The number of allylic oxidation sites excluding steroid dienone is 4. The average molecular weight is 799 g/mol. The third-order valence-corrected chi connectivity index (χ3v) is 11.0. The molecule has 0 saturated carbocycles. The molecular formula is C46H87O8P. The number of hydrogen-bond acceptors (Lipinski definition) is 7. The summed E-state index contributed by atoms with van der Waals surface area (Å²) in [5, 5.41) is 0. The van der Waals surface area contributed by atoms with E-state index < -0.39 is 26.5 Å². The van der Waals surface area contributed by atoms with Crippen LogP contribution in [0.5, 0.6) is 0 Å². The van der Waals surface area contributed by atoms with Gasteiger partial charge in [-0.2, -0.15) is 0 Å². The van der Waals surface area contributed by atoms with Crippen molar-refractivity contribution in [3.8, 4) is 0 Å². The van der Waals surface area contributed by atoms with Crippen LogP contribution < -0.4 is 0 Å². The van der Waals surface area contributed by atoms with Crippen molar-refractivity contribution in [1.29, 1.82) is 0 Å². The Morgan fingerprint density at radius 2 is 0.818 bits per heavy atom. The number of carbonyl (C=O) groups excluding carboxylic acids is 2. The van der Waals surface area contributed by atoms with E-state index in [0.717, 1.165) is 51.4 Å². The molecule has 9 heteroatoms. The van der Waals surface area contributed by atoms with E-state index in [9.17, 15) is 19.0 Å². The highest BCUT2D eigenvalue weighted by Crippen LogP contribution is 2.43. The maximum Gasteiger partial charge on any atom is 0.472 e. The number of phosphoric ester groups is 1. The van der Waals surface area contributed by atoms with E-state index in [4.69, 9.17) is 18.5 Å². The zero-order valence-electron chi connectivity index (χ0n) is 36.1. The van der Waals surface area contributed by atoms with Crippen LogP contribution in [0.2, 0.25) is 0 Å². The molecule has 0 radical (unpaired) electrons. The summed E-state index contributed by atoms with van der Waals surface area (Å²) in [4.78, 5) is 34.7. The van der Waals surface area contributed by atoms with Crippen molar-refractivity contribution in [3.63, 3.8) is 0 Å². The van der Waals surface area contributed by atoms with E-state index in [-0.39, 0.29) is 32.0 Å². The lowest BCUT2D eigenvalue weighted by atomic mass is 10.0. The van der Waals surface area contributed by atoms with Gasteiger partial charge in [0.05, 0.1) is 13.2 Å². The van der Waals surface area contributed by atoms with Crippen molar-refractivity contribution in [2.24, 2.45) is 0 Å². The predicted octanol–water partition coefficient (Wildman–Crippen LogP) is 14.6. The standard InChI is InChI=1S/C46H87O8P/c1-4-7-9-11-13-15-17-19-20-21-22-23-24-25-26-27-28-29-31-33-35-37-39-41-46(48)54-44(43-53-55(49,50)52-6-3)42-51-45(47)40-38-36-34-32-30-18-16-14-12-10-8-5-2/h14,16,21-22,44H,4-13,15,17-20,23-43H2,1-3H3,(H,49,50)/b16-14-,22-21-. The van der Waals surface area contributed by atoms with Gasteiger partial charge in [0, 0.05) is 12.8 Å². The number of phosphoric acid groups is 1.